The summed E-state index contributed by atoms with van der Waals surface area (Å²) in [5, 5.41) is 7.25. The molecule has 7 nitrogen and oxygen atoms in total. The second-order valence-electron chi connectivity index (χ2n) is 5.64. The van der Waals surface area contributed by atoms with Crippen LogP contribution >= 0.6 is 0 Å². The van der Waals surface area contributed by atoms with Gasteiger partial charge in [0.25, 0.3) is 0 Å². The number of rotatable bonds is 7. The van der Waals surface area contributed by atoms with Gasteiger partial charge in [0.15, 0.2) is 17.3 Å². The number of hydrogen-bond acceptors (Lipinski definition) is 7. The molecule has 0 bridgehead atoms. The summed E-state index contributed by atoms with van der Waals surface area (Å²) in [5.41, 5.74) is 2.58. The van der Waals surface area contributed by atoms with Crippen molar-refractivity contribution in [2.45, 2.75) is 6.54 Å². The van der Waals surface area contributed by atoms with Crippen LogP contribution in [0.5, 0.6) is 11.5 Å². The summed E-state index contributed by atoms with van der Waals surface area (Å²) in [5.74, 6) is 1.07. The molecule has 0 aliphatic heterocycles. The van der Waals surface area contributed by atoms with Crippen LogP contribution in [0.1, 0.15) is 16.1 Å². The summed E-state index contributed by atoms with van der Waals surface area (Å²) < 4.78 is 20.8. The summed E-state index contributed by atoms with van der Waals surface area (Å²) in [6, 6.07) is 14.8. The summed E-state index contributed by atoms with van der Waals surface area (Å²) in [6.45, 7) is 0.333. The van der Waals surface area contributed by atoms with Gasteiger partial charge in [-0.25, -0.2) is 4.79 Å². The van der Waals surface area contributed by atoms with Crippen LogP contribution in [0.3, 0.4) is 0 Å². The van der Waals surface area contributed by atoms with Crippen molar-refractivity contribution < 1.29 is 23.5 Å². The van der Waals surface area contributed by atoms with E-state index in [1.165, 1.54) is 21.3 Å². The number of nitrogens with one attached hydrogen (secondary N) is 1. The molecule has 7 heteroatoms. The number of methoxy groups -OCH3 is 3. The van der Waals surface area contributed by atoms with Gasteiger partial charge in [-0.1, -0.05) is 35.5 Å². The molecular formula is C20H20N2O5. The highest BCUT2D eigenvalue weighted by Gasteiger charge is 2.18. The largest absolute Gasteiger partial charge is 0.493 e. The molecule has 0 unspecified atom stereocenters. The van der Waals surface area contributed by atoms with Crippen molar-refractivity contribution in [3.63, 3.8) is 0 Å². The van der Waals surface area contributed by atoms with Crippen LogP contribution in [-0.4, -0.2) is 32.5 Å². The molecule has 0 radical (unpaired) electrons. The Balaban J connectivity index is 1.83. The van der Waals surface area contributed by atoms with E-state index < -0.39 is 5.97 Å². The minimum absolute atomic E-state index is 0.331. The van der Waals surface area contributed by atoms with Crippen LogP contribution in [-0.2, 0) is 11.3 Å². The van der Waals surface area contributed by atoms with Gasteiger partial charge in [-0.3, -0.25) is 0 Å². The van der Waals surface area contributed by atoms with E-state index in [-0.39, 0.29) is 0 Å². The molecule has 27 heavy (non-hydrogen) atoms. The zero-order chi connectivity index (χ0) is 19.2. The average Bonchev–Trinajstić information content (AvgIpc) is 3.20. The molecule has 0 saturated heterocycles. The zero-order valence-electron chi connectivity index (χ0n) is 15.3. The topological polar surface area (TPSA) is 82.8 Å². The minimum atomic E-state index is -0.485. The Bertz CT molecular complexity index is 921. The zero-order valence-corrected chi connectivity index (χ0v) is 15.3. The summed E-state index contributed by atoms with van der Waals surface area (Å²) in [7, 11) is 4.36. The van der Waals surface area contributed by atoms with E-state index >= 15 is 0 Å². The van der Waals surface area contributed by atoms with Gasteiger partial charge < -0.3 is 24.1 Å². The van der Waals surface area contributed by atoms with Gasteiger partial charge in [-0.15, -0.1) is 0 Å². The number of nitrogens with zero attached hydrogens (tertiary/aromatic N) is 1. The van der Waals surface area contributed by atoms with Crippen molar-refractivity contribution in [1.82, 2.24) is 5.16 Å². The van der Waals surface area contributed by atoms with E-state index in [9.17, 15) is 4.79 Å². The Labute approximate surface area is 156 Å². The van der Waals surface area contributed by atoms with Crippen molar-refractivity contribution in [2.24, 2.45) is 0 Å². The maximum absolute atomic E-state index is 12.1. The van der Waals surface area contributed by atoms with Gasteiger partial charge in [0.2, 0.25) is 0 Å². The SMILES string of the molecule is COC(=O)c1cc(OC)c(OC)cc1NCc1cc(-c2ccccc2)no1. The first-order chi connectivity index (χ1) is 13.2. The highest BCUT2D eigenvalue weighted by molar-refractivity contribution is 5.96. The van der Waals surface area contributed by atoms with Gasteiger partial charge in [0, 0.05) is 23.8 Å². The van der Waals surface area contributed by atoms with Crippen molar-refractivity contribution in [3.05, 3.63) is 59.9 Å². The van der Waals surface area contributed by atoms with E-state index in [1.54, 1.807) is 12.1 Å². The summed E-state index contributed by atoms with van der Waals surface area (Å²) in [6.07, 6.45) is 0. The predicted octanol–water partition coefficient (Wildman–Crippen LogP) is 3.76. The van der Waals surface area contributed by atoms with Crippen molar-refractivity contribution >= 4 is 11.7 Å². The first-order valence-corrected chi connectivity index (χ1v) is 8.25. The molecule has 0 amide bonds. The lowest BCUT2D eigenvalue weighted by Gasteiger charge is -2.14. The fourth-order valence-corrected chi connectivity index (χ4v) is 2.63. The fraction of sp³-hybridized carbons (Fsp3) is 0.200. The first kappa shape index (κ1) is 18.3. The summed E-state index contributed by atoms with van der Waals surface area (Å²) >= 11 is 0. The Morgan fingerprint density at radius 2 is 1.74 bits per heavy atom. The molecule has 0 spiro atoms. The third kappa shape index (κ3) is 4.03. The lowest BCUT2D eigenvalue weighted by Crippen LogP contribution is -2.09. The molecule has 0 fully saturated rings. The van der Waals surface area contributed by atoms with E-state index in [4.69, 9.17) is 18.7 Å². The standard InChI is InChI=1S/C20H20N2O5/c1-24-18-10-15(20(23)26-3)17(11-19(18)25-2)21-12-14-9-16(22-27-14)13-7-5-4-6-8-13/h4-11,21H,12H2,1-3H3. The van der Waals surface area contributed by atoms with Crippen molar-refractivity contribution in [1.29, 1.82) is 0 Å². The number of carbonyl (C=O) groups is 1. The van der Waals surface area contributed by atoms with E-state index in [0.717, 1.165) is 11.3 Å². The number of carbonyl (C=O) groups excluding carboxylic acids is 1. The molecule has 0 saturated carbocycles. The Hall–Kier alpha value is -3.48. The van der Waals surface area contributed by atoms with Gasteiger partial charge in [0.1, 0.15) is 5.69 Å². The maximum Gasteiger partial charge on any atom is 0.340 e. The van der Waals surface area contributed by atoms with Crippen LogP contribution in [0.15, 0.2) is 53.1 Å². The molecule has 3 aromatic rings. The highest BCUT2D eigenvalue weighted by Crippen LogP contribution is 2.34. The average molecular weight is 368 g/mol. The van der Waals surface area contributed by atoms with Gasteiger partial charge >= 0.3 is 5.97 Å². The molecule has 0 atom stereocenters. The first-order valence-electron chi connectivity index (χ1n) is 8.25. The third-order valence-electron chi connectivity index (χ3n) is 4.01. The second kappa shape index (κ2) is 8.27. The van der Waals surface area contributed by atoms with Gasteiger partial charge in [0.05, 0.1) is 39.1 Å². The van der Waals surface area contributed by atoms with E-state index in [0.29, 0.717) is 35.1 Å². The molecule has 2 aromatic carbocycles. The van der Waals surface area contributed by atoms with Crippen molar-refractivity contribution in [3.8, 4) is 22.8 Å². The van der Waals surface area contributed by atoms with Crippen LogP contribution in [0.2, 0.25) is 0 Å². The Morgan fingerprint density at radius 3 is 2.41 bits per heavy atom. The molecule has 1 heterocycles. The van der Waals surface area contributed by atoms with Crippen LogP contribution in [0.25, 0.3) is 11.3 Å². The minimum Gasteiger partial charge on any atom is -0.493 e. The summed E-state index contributed by atoms with van der Waals surface area (Å²) in [4.78, 5) is 12.1. The maximum atomic E-state index is 12.1. The second-order valence-corrected chi connectivity index (χ2v) is 5.64. The number of esters is 1. The Morgan fingerprint density at radius 1 is 1.04 bits per heavy atom. The molecule has 140 valence electrons. The number of ether oxygens (including phenoxy) is 3. The lowest BCUT2D eigenvalue weighted by molar-refractivity contribution is 0.0601. The normalized spacial score (nSPS) is 10.3. The van der Waals surface area contributed by atoms with E-state index in [1.807, 2.05) is 36.4 Å². The number of benzene rings is 2. The number of aromatic nitrogens is 1. The third-order valence-corrected chi connectivity index (χ3v) is 4.01. The van der Waals surface area contributed by atoms with Gasteiger partial charge in [-0.2, -0.15) is 0 Å². The number of hydrogen-bond donors (Lipinski definition) is 1. The van der Waals surface area contributed by atoms with E-state index in [2.05, 4.69) is 10.5 Å². The fourth-order valence-electron chi connectivity index (χ4n) is 2.63. The van der Waals surface area contributed by atoms with Crippen LogP contribution in [0, 0.1) is 0 Å². The highest BCUT2D eigenvalue weighted by atomic mass is 16.5. The monoisotopic (exact) mass is 368 g/mol. The predicted molar refractivity (Wildman–Crippen MR) is 100 cm³/mol. The van der Waals surface area contributed by atoms with Crippen molar-refractivity contribution in [2.75, 3.05) is 26.6 Å². The quantitative estimate of drug-likeness (QED) is 0.636. The lowest BCUT2D eigenvalue weighted by atomic mass is 10.1. The molecule has 0 aliphatic carbocycles. The molecule has 0 aliphatic rings. The molecule has 3 rings (SSSR count). The molecule has 1 N–H and O–H groups in total. The smallest absolute Gasteiger partial charge is 0.340 e. The molecular weight excluding hydrogens is 348 g/mol. The van der Waals surface area contributed by atoms with Crippen LogP contribution in [0.4, 0.5) is 5.69 Å². The molecule has 1 aromatic heterocycles. The van der Waals surface area contributed by atoms with Gasteiger partial charge in [-0.05, 0) is 0 Å². The Kier molecular flexibility index (Phi) is 5.61. The van der Waals surface area contributed by atoms with Crippen LogP contribution < -0.4 is 14.8 Å². The number of anilines is 1.